The molecule has 0 aromatic carbocycles. The zero-order chi connectivity index (χ0) is 11.4. The summed E-state index contributed by atoms with van der Waals surface area (Å²) in [5, 5.41) is 3.44. The molecule has 1 saturated heterocycles. The summed E-state index contributed by atoms with van der Waals surface area (Å²) in [4.78, 5) is 2.68. The van der Waals surface area contributed by atoms with Crippen LogP contribution in [-0.4, -0.2) is 36.6 Å². The molecule has 0 aromatic heterocycles. The molecule has 2 rings (SSSR count). The van der Waals surface area contributed by atoms with Gasteiger partial charge >= 0.3 is 0 Å². The van der Waals surface area contributed by atoms with Crippen LogP contribution in [0, 0.1) is 5.92 Å². The second-order valence-corrected chi connectivity index (χ2v) is 6.24. The van der Waals surface area contributed by atoms with Crippen LogP contribution in [0.25, 0.3) is 0 Å². The van der Waals surface area contributed by atoms with E-state index < -0.39 is 0 Å². The van der Waals surface area contributed by atoms with Crippen LogP contribution in [0.3, 0.4) is 0 Å². The lowest BCUT2D eigenvalue weighted by molar-refractivity contribution is 0.0893. The molecule has 2 fully saturated rings. The smallest absolute Gasteiger partial charge is 0.0154 e. The number of nitrogens with zero attached hydrogens (tertiary/aromatic N) is 1. The Kier molecular flexibility index (Phi) is 4.26. The highest BCUT2D eigenvalue weighted by molar-refractivity contribution is 4.85. The van der Waals surface area contributed by atoms with E-state index in [-0.39, 0.29) is 0 Å². The monoisotopic (exact) mass is 224 g/mol. The molecule has 1 saturated carbocycles. The van der Waals surface area contributed by atoms with E-state index >= 15 is 0 Å². The average Bonchev–Trinajstić information content (AvgIpc) is 2.81. The quantitative estimate of drug-likeness (QED) is 0.790. The molecule has 0 aromatic rings. The molecule has 0 radical (unpaired) electrons. The fraction of sp³-hybridized carbons (Fsp3) is 1.00. The van der Waals surface area contributed by atoms with Crippen molar-refractivity contribution in [2.75, 3.05) is 26.2 Å². The Morgan fingerprint density at radius 2 is 1.75 bits per heavy atom. The normalized spacial score (nSPS) is 25.1. The number of rotatable bonds is 4. The maximum absolute atomic E-state index is 3.44. The molecular formula is C14H28N2. The molecule has 0 spiro atoms. The molecule has 16 heavy (non-hydrogen) atoms. The maximum atomic E-state index is 3.44. The van der Waals surface area contributed by atoms with Crippen molar-refractivity contribution in [2.45, 2.75) is 57.9 Å². The average molecular weight is 224 g/mol. The van der Waals surface area contributed by atoms with Crippen LogP contribution >= 0.6 is 0 Å². The number of piperazine rings is 1. The first-order chi connectivity index (χ1) is 7.68. The summed E-state index contributed by atoms with van der Waals surface area (Å²) in [6, 6.07) is 0. The Hall–Kier alpha value is -0.0800. The molecule has 2 heteroatoms. The van der Waals surface area contributed by atoms with Crippen LogP contribution in [0.1, 0.15) is 52.4 Å². The third kappa shape index (κ3) is 3.21. The minimum Gasteiger partial charge on any atom is -0.314 e. The largest absolute Gasteiger partial charge is 0.314 e. The number of hydrogen-bond donors (Lipinski definition) is 1. The van der Waals surface area contributed by atoms with E-state index in [1.54, 1.807) is 0 Å². The van der Waals surface area contributed by atoms with E-state index in [1.165, 1.54) is 64.7 Å². The van der Waals surface area contributed by atoms with E-state index in [4.69, 9.17) is 0 Å². The number of hydrogen-bond acceptors (Lipinski definition) is 2. The highest BCUT2D eigenvalue weighted by Crippen LogP contribution is 2.32. The van der Waals surface area contributed by atoms with Crippen LogP contribution in [-0.2, 0) is 0 Å². The molecule has 1 aliphatic heterocycles. The Bertz CT molecular complexity index is 201. The summed E-state index contributed by atoms with van der Waals surface area (Å²) in [5.74, 6) is 1.04. The third-order valence-corrected chi connectivity index (χ3v) is 4.61. The van der Waals surface area contributed by atoms with Crippen molar-refractivity contribution in [3.63, 3.8) is 0 Å². The van der Waals surface area contributed by atoms with Crippen molar-refractivity contribution in [1.82, 2.24) is 10.2 Å². The van der Waals surface area contributed by atoms with Gasteiger partial charge in [0.2, 0.25) is 0 Å². The second kappa shape index (κ2) is 5.50. The van der Waals surface area contributed by atoms with Crippen molar-refractivity contribution >= 4 is 0 Å². The van der Waals surface area contributed by atoms with Gasteiger partial charge in [0, 0.05) is 31.7 Å². The van der Waals surface area contributed by atoms with Crippen molar-refractivity contribution in [3.8, 4) is 0 Å². The molecule has 2 nitrogen and oxygen atoms in total. The fourth-order valence-electron chi connectivity index (χ4n) is 3.28. The van der Waals surface area contributed by atoms with Crippen molar-refractivity contribution in [1.29, 1.82) is 0 Å². The van der Waals surface area contributed by atoms with Crippen molar-refractivity contribution in [2.24, 2.45) is 5.92 Å². The lowest BCUT2D eigenvalue weighted by Gasteiger charge is -2.41. The van der Waals surface area contributed by atoms with E-state index in [0.717, 1.165) is 5.92 Å². The third-order valence-electron chi connectivity index (χ3n) is 4.61. The van der Waals surface area contributed by atoms with Crippen LogP contribution in [0.15, 0.2) is 0 Å². The van der Waals surface area contributed by atoms with Gasteiger partial charge in [-0.05, 0) is 32.6 Å². The Balaban J connectivity index is 1.76. The summed E-state index contributed by atoms with van der Waals surface area (Å²) < 4.78 is 0. The molecule has 1 N–H and O–H groups in total. The fourth-order valence-corrected chi connectivity index (χ4v) is 3.28. The van der Waals surface area contributed by atoms with E-state index in [2.05, 4.69) is 24.1 Å². The van der Waals surface area contributed by atoms with Gasteiger partial charge in [-0.2, -0.15) is 0 Å². The van der Waals surface area contributed by atoms with Gasteiger partial charge in [-0.1, -0.05) is 25.7 Å². The molecule has 0 unspecified atom stereocenters. The Morgan fingerprint density at radius 3 is 2.38 bits per heavy atom. The Labute approximate surface area is 101 Å². The molecule has 0 bridgehead atoms. The lowest BCUT2D eigenvalue weighted by Crippen LogP contribution is -2.53. The minimum atomic E-state index is 0.421. The second-order valence-electron chi connectivity index (χ2n) is 6.24. The van der Waals surface area contributed by atoms with Gasteiger partial charge in [0.1, 0.15) is 0 Å². The van der Waals surface area contributed by atoms with E-state index in [0.29, 0.717) is 5.54 Å². The summed E-state index contributed by atoms with van der Waals surface area (Å²) in [5.41, 5.74) is 0.421. The first kappa shape index (κ1) is 12.4. The molecule has 2 aliphatic rings. The molecule has 1 heterocycles. The summed E-state index contributed by atoms with van der Waals surface area (Å²) in [7, 11) is 0. The minimum absolute atomic E-state index is 0.421. The Morgan fingerprint density at radius 1 is 1.12 bits per heavy atom. The summed E-state index contributed by atoms with van der Waals surface area (Å²) >= 11 is 0. The predicted octanol–water partition coefficient (Wildman–Crippen LogP) is 2.64. The van der Waals surface area contributed by atoms with Crippen molar-refractivity contribution < 1.29 is 0 Å². The van der Waals surface area contributed by atoms with Gasteiger partial charge in [-0.25, -0.2) is 0 Å². The van der Waals surface area contributed by atoms with Crippen LogP contribution in [0.4, 0.5) is 0 Å². The lowest BCUT2D eigenvalue weighted by atomic mass is 9.89. The molecule has 1 aliphatic carbocycles. The maximum Gasteiger partial charge on any atom is 0.0154 e. The SMILES string of the molecule is CC(C)(CCC1CCCC1)N1CCNCC1. The first-order valence-corrected chi connectivity index (χ1v) is 7.14. The van der Waals surface area contributed by atoms with Gasteiger partial charge in [-0.3, -0.25) is 4.90 Å². The van der Waals surface area contributed by atoms with E-state index in [9.17, 15) is 0 Å². The van der Waals surface area contributed by atoms with E-state index in [1.807, 2.05) is 0 Å². The zero-order valence-corrected chi connectivity index (χ0v) is 11.1. The van der Waals surface area contributed by atoms with Crippen LogP contribution < -0.4 is 5.32 Å². The highest BCUT2D eigenvalue weighted by atomic mass is 15.2. The first-order valence-electron chi connectivity index (χ1n) is 7.14. The van der Waals surface area contributed by atoms with Gasteiger partial charge in [0.05, 0.1) is 0 Å². The standard InChI is InChI=1S/C14H28N2/c1-14(2,16-11-9-15-10-12-16)8-7-13-5-3-4-6-13/h13,15H,3-12H2,1-2H3. The molecule has 0 amide bonds. The van der Waals surface area contributed by atoms with Gasteiger partial charge in [-0.15, -0.1) is 0 Å². The predicted molar refractivity (Wildman–Crippen MR) is 69.7 cm³/mol. The molecular weight excluding hydrogens is 196 g/mol. The van der Waals surface area contributed by atoms with Crippen molar-refractivity contribution in [3.05, 3.63) is 0 Å². The highest BCUT2D eigenvalue weighted by Gasteiger charge is 2.28. The molecule has 0 atom stereocenters. The van der Waals surface area contributed by atoms with Gasteiger partial charge in [0.15, 0.2) is 0 Å². The van der Waals surface area contributed by atoms with Gasteiger partial charge in [0.25, 0.3) is 0 Å². The topological polar surface area (TPSA) is 15.3 Å². The summed E-state index contributed by atoms with van der Waals surface area (Å²) in [6.07, 6.45) is 8.81. The number of nitrogens with one attached hydrogen (secondary N) is 1. The van der Waals surface area contributed by atoms with Gasteiger partial charge < -0.3 is 5.32 Å². The summed E-state index contributed by atoms with van der Waals surface area (Å²) in [6.45, 7) is 9.69. The van der Waals surface area contributed by atoms with Crippen LogP contribution in [0.2, 0.25) is 0 Å². The zero-order valence-electron chi connectivity index (χ0n) is 11.1. The van der Waals surface area contributed by atoms with Crippen LogP contribution in [0.5, 0.6) is 0 Å². The molecule has 94 valence electrons.